The molecular weight excluding hydrogens is 293 g/mol. The fraction of sp³-hybridized carbons (Fsp3) is 0.0909. The van der Waals surface area contributed by atoms with E-state index in [0.29, 0.717) is 9.35 Å². The van der Waals surface area contributed by atoms with E-state index in [1.54, 1.807) is 13.0 Å². The molecule has 1 heterocycles. The quantitative estimate of drug-likeness (QED) is 0.793. The molecule has 0 spiro atoms. The van der Waals surface area contributed by atoms with Gasteiger partial charge in [0.2, 0.25) is 5.78 Å². The van der Waals surface area contributed by atoms with Gasteiger partial charge in [0.25, 0.3) is 0 Å². The van der Waals surface area contributed by atoms with Crippen LogP contribution in [0.5, 0.6) is 0 Å². The van der Waals surface area contributed by atoms with Crippen molar-refractivity contribution >= 4 is 33.0 Å². The number of hydrogen-bond acceptors (Lipinski definition) is 3. The molecule has 0 saturated heterocycles. The lowest BCUT2D eigenvalue weighted by molar-refractivity contribution is 0.103. The number of aryl methyl sites for hydroxylation is 1. The summed E-state index contributed by atoms with van der Waals surface area (Å²) >= 11 is 4.47. The second kappa shape index (κ2) is 4.43. The first kappa shape index (κ1) is 11.4. The minimum Gasteiger partial charge on any atom is -0.288 e. The van der Waals surface area contributed by atoms with Crippen LogP contribution >= 0.6 is 27.3 Å². The predicted octanol–water partition coefficient (Wildman–Crippen LogP) is 3.58. The molecule has 0 unspecified atom stereocenters. The molecule has 0 saturated carbocycles. The Labute approximate surface area is 104 Å². The van der Waals surface area contributed by atoms with Crippen LogP contribution in [-0.4, -0.2) is 10.8 Å². The van der Waals surface area contributed by atoms with E-state index < -0.39 is 5.82 Å². The Hall–Kier alpha value is -1.07. The summed E-state index contributed by atoms with van der Waals surface area (Å²) in [4.78, 5) is 16.4. The Morgan fingerprint density at radius 3 is 2.88 bits per heavy atom. The molecule has 0 atom stereocenters. The molecule has 82 valence electrons. The predicted molar refractivity (Wildman–Crippen MR) is 64.4 cm³/mol. The summed E-state index contributed by atoms with van der Waals surface area (Å²) in [6, 6.07) is 4.31. The van der Waals surface area contributed by atoms with Crippen LogP contribution in [0.3, 0.4) is 0 Å². The van der Waals surface area contributed by atoms with E-state index >= 15 is 0 Å². The van der Waals surface area contributed by atoms with E-state index in [9.17, 15) is 9.18 Å². The van der Waals surface area contributed by atoms with E-state index in [1.165, 1.54) is 29.7 Å². The molecule has 2 nitrogen and oxygen atoms in total. The monoisotopic (exact) mass is 299 g/mol. The summed E-state index contributed by atoms with van der Waals surface area (Å²) < 4.78 is 14.1. The zero-order valence-corrected chi connectivity index (χ0v) is 10.7. The second-order valence-electron chi connectivity index (χ2n) is 3.20. The summed E-state index contributed by atoms with van der Waals surface area (Å²) in [5, 5.41) is 0.791. The highest BCUT2D eigenvalue weighted by molar-refractivity contribution is 9.10. The van der Waals surface area contributed by atoms with Crippen molar-refractivity contribution in [3.63, 3.8) is 0 Å². The SMILES string of the molecule is Cc1ncc(C(=O)c2cc(Br)ccc2F)s1. The number of aromatic nitrogens is 1. The molecule has 0 aliphatic carbocycles. The van der Waals surface area contributed by atoms with Gasteiger partial charge in [0, 0.05) is 10.7 Å². The fourth-order valence-corrected chi connectivity index (χ4v) is 2.36. The maximum absolute atomic E-state index is 13.5. The maximum Gasteiger partial charge on any atom is 0.207 e. The number of halogens is 2. The Kier molecular flexibility index (Phi) is 3.16. The number of ketones is 1. The van der Waals surface area contributed by atoms with Crippen LogP contribution in [0, 0.1) is 12.7 Å². The van der Waals surface area contributed by atoms with Gasteiger partial charge in [0.1, 0.15) is 5.82 Å². The van der Waals surface area contributed by atoms with Crippen LogP contribution in [0.1, 0.15) is 20.2 Å². The largest absolute Gasteiger partial charge is 0.288 e. The normalized spacial score (nSPS) is 10.4. The van der Waals surface area contributed by atoms with Gasteiger partial charge >= 0.3 is 0 Å². The van der Waals surface area contributed by atoms with Crippen LogP contribution in [0.2, 0.25) is 0 Å². The first-order valence-corrected chi connectivity index (χ1v) is 6.11. The lowest BCUT2D eigenvalue weighted by atomic mass is 10.1. The third kappa shape index (κ3) is 2.20. The highest BCUT2D eigenvalue weighted by Crippen LogP contribution is 2.21. The van der Waals surface area contributed by atoms with Gasteiger partial charge in [-0.3, -0.25) is 4.79 Å². The van der Waals surface area contributed by atoms with Crippen molar-refractivity contribution < 1.29 is 9.18 Å². The van der Waals surface area contributed by atoms with E-state index in [1.807, 2.05) is 0 Å². The van der Waals surface area contributed by atoms with Crippen molar-refractivity contribution in [2.75, 3.05) is 0 Å². The zero-order valence-electron chi connectivity index (χ0n) is 8.33. The van der Waals surface area contributed by atoms with Gasteiger partial charge in [-0.1, -0.05) is 15.9 Å². The number of nitrogens with zero attached hydrogens (tertiary/aromatic N) is 1. The summed E-state index contributed by atoms with van der Waals surface area (Å²) in [6.45, 7) is 1.80. The van der Waals surface area contributed by atoms with Crippen molar-refractivity contribution in [2.45, 2.75) is 6.92 Å². The van der Waals surface area contributed by atoms with Crippen molar-refractivity contribution in [1.82, 2.24) is 4.98 Å². The summed E-state index contributed by atoms with van der Waals surface area (Å²) in [7, 11) is 0. The first-order chi connectivity index (χ1) is 7.58. The Morgan fingerprint density at radius 1 is 1.50 bits per heavy atom. The molecule has 16 heavy (non-hydrogen) atoms. The van der Waals surface area contributed by atoms with Crippen LogP contribution in [0.4, 0.5) is 4.39 Å². The molecule has 0 fully saturated rings. The minimum atomic E-state index is -0.515. The number of carbonyl (C=O) groups is 1. The summed E-state index contributed by atoms with van der Waals surface area (Å²) in [5.41, 5.74) is 0.0676. The van der Waals surface area contributed by atoms with Gasteiger partial charge in [0.15, 0.2) is 0 Å². The summed E-state index contributed by atoms with van der Waals surface area (Å²) in [6.07, 6.45) is 1.47. The van der Waals surface area contributed by atoms with Crippen LogP contribution < -0.4 is 0 Å². The Bertz CT molecular complexity index is 553. The minimum absolute atomic E-state index is 0.0676. The van der Waals surface area contributed by atoms with E-state index in [0.717, 1.165) is 5.01 Å². The van der Waals surface area contributed by atoms with Crippen molar-refractivity contribution in [2.24, 2.45) is 0 Å². The van der Waals surface area contributed by atoms with Gasteiger partial charge in [-0.2, -0.15) is 0 Å². The molecule has 0 amide bonds. The molecule has 1 aromatic heterocycles. The zero-order chi connectivity index (χ0) is 11.7. The van der Waals surface area contributed by atoms with E-state index in [-0.39, 0.29) is 11.3 Å². The molecule has 1 aromatic carbocycles. The molecule has 0 N–H and O–H groups in total. The van der Waals surface area contributed by atoms with Gasteiger partial charge in [0.05, 0.1) is 15.4 Å². The van der Waals surface area contributed by atoms with Crippen LogP contribution in [0.15, 0.2) is 28.9 Å². The number of benzene rings is 1. The van der Waals surface area contributed by atoms with Crippen molar-refractivity contribution in [3.8, 4) is 0 Å². The topological polar surface area (TPSA) is 30.0 Å². The van der Waals surface area contributed by atoms with Crippen molar-refractivity contribution in [3.05, 3.63) is 50.1 Å². The fourth-order valence-electron chi connectivity index (χ4n) is 1.27. The molecular formula is C11H7BrFNOS. The molecule has 2 aromatic rings. The second-order valence-corrected chi connectivity index (χ2v) is 5.35. The number of rotatable bonds is 2. The smallest absolute Gasteiger partial charge is 0.207 e. The molecule has 0 aliphatic rings. The lowest BCUT2D eigenvalue weighted by Gasteiger charge is -2.00. The van der Waals surface area contributed by atoms with Gasteiger partial charge in [-0.25, -0.2) is 9.37 Å². The molecule has 0 radical (unpaired) electrons. The molecule has 2 rings (SSSR count). The van der Waals surface area contributed by atoms with Crippen LogP contribution in [0.25, 0.3) is 0 Å². The molecule has 5 heteroatoms. The Balaban J connectivity index is 2.45. The first-order valence-electron chi connectivity index (χ1n) is 4.50. The van der Waals surface area contributed by atoms with Crippen molar-refractivity contribution in [1.29, 1.82) is 0 Å². The highest BCUT2D eigenvalue weighted by atomic mass is 79.9. The maximum atomic E-state index is 13.5. The van der Waals surface area contributed by atoms with Gasteiger partial charge < -0.3 is 0 Å². The van der Waals surface area contributed by atoms with E-state index in [4.69, 9.17) is 0 Å². The lowest BCUT2D eigenvalue weighted by Crippen LogP contribution is -2.02. The third-order valence-electron chi connectivity index (χ3n) is 2.02. The number of carbonyl (C=O) groups excluding carboxylic acids is 1. The third-order valence-corrected chi connectivity index (χ3v) is 3.42. The average molecular weight is 300 g/mol. The molecule has 0 aliphatic heterocycles. The van der Waals surface area contributed by atoms with E-state index in [2.05, 4.69) is 20.9 Å². The average Bonchev–Trinajstić information content (AvgIpc) is 2.67. The molecule has 0 bridgehead atoms. The summed E-state index contributed by atoms with van der Waals surface area (Å²) in [5.74, 6) is -0.844. The highest BCUT2D eigenvalue weighted by Gasteiger charge is 2.16. The Morgan fingerprint density at radius 2 is 2.25 bits per heavy atom. The number of thiazole rings is 1. The number of hydrogen-bond donors (Lipinski definition) is 0. The van der Waals surface area contributed by atoms with Crippen LogP contribution in [-0.2, 0) is 0 Å². The van der Waals surface area contributed by atoms with Gasteiger partial charge in [-0.15, -0.1) is 11.3 Å². The van der Waals surface area contributed by atoms with Gasteiger partial charge in [-0.05, 0) is 25.1 Å². The standard InChI is InChI=1S/C11H7BrFNOS/c1-6-14-5-10(16-6)11(15)8-4-7(12)2-3-9(8)13/h2-5H,1H3.